The maximum Gasteiger partial charge on any atom is 0.123 e. The molecule has 2 aromatic heterocycles. The van der Waals surface area contributed by atoms with Crippen LogP contribution in [0.25, 0.3) is 0 Å². The Hall–Kier alpha value is -1.94. The van der Waals surface area contributed by atoms with E-state index in [1.807, 2.05) is 37.4 Å². The standard InChI is InChI=1S/C7H10N2.C6H8N2/c8-4-3-7-2-1-5-9-6-7;1-5-3-2-4-6(7)8-5/h1-2,5-6H,3-4,8H2;2-4H,1H3,(H2,7,8). The number of rotatable bonds is 2. The smallest absolute Gasteiger partial charge is 0.123 e. The molecular weight excluding hydrogens is 212 g/mol. The minimum atomic E-state index is 0.588. The molecule has 90 valence electrons. The summed E-state index contributed by atoms with van der Waals surface area (Å²) in [7, 11) is 0. The monoisotopic (exact) mass is 230 g/mol. The summed E-state index contributed by atoms with van der Waals surface area (Å²) < 4.78 is 0. The van der Waals surface area contributed by atoms with E-state index in [9.17, 15) is 0 Å². The van der Waals surface area contributed by atoms with E-state index in [0.29, 0.717) is 12.4 Å². The maximum absolute atomic E-state index is 5.35. The molecule has 4 nitrogen and oxygen atoms in total. The number of nitrogen functional groups attached to an aromatic ring is 1. The zero-order chi connectivity index (χ0) is 12.5. The molecule has 0 fully saturated rings. The van der Waals surface area contributed by atoms with E-state index in [2.05, 4.69) is 9.97 Å². The number of anilines is 1. The molecule has 0 bridgehead atoms. The van der Waals surface area contributed by atoms with Crippen LogP contribution in [0.4, 0.5) is 5.82 Å². The number of aryl methyl sites for hydroxylation is 1. The average Bonchev–Trinajstić information content (AvgIpc) is 2.31. The van der Waals surface area contributed by atoms with Crippen molar-refractivity contribution in [1.29, 1.82) is 0 Å². The summed E-state index contributed by atoms with van der Waals surface area (Å²) in [5.41, 5.74) is 12.9. The van der Waals surface area contributed by atoms with Gasteiger partial charge >= 0.3 is 0 Å². The lowest BCUT2D eigenvalue weighted by Crippen LogP contribution is -2.02. The lowest BCUT2D eigenvalue weighted by molar-refractivity contribution is 0.959. The van der Waals surface area contributed by atoms with Gasteiger partial charge in [-0.3, -0.25) is 4.98 Å². The molecule has 2 aromatic rings. The summed E-state index contributed by atoms with van der Waals surface area (Å²) in [6, 6.07) is 9.52. The van der Waals surface area contributed by atoms with Gasteiger partial charge in [-0.2, -0.15) is 0 Å². The largest absolute Gasteiger partial charge is 0.384 e. The molecule has 0 aliphatic rings. The molecule has 0 saturated carbocycles. The van der Waals surface area contributed by atoms with Crippen LogP contribution in [0.2, 0.25) is 0 Å². The van der Waals surface area contributed by atoms with E-state index in [0.717, 1.165) is 12.1 Å². The van der Waals surface area contributed by atoms with Gasteiger partial charge in [-0.05, 0) is 43.7 Å². The molecular formula is C13H18N4. The molecule has 2 rings (SSSR count). The minimum Gasteiger partial charge on any atom is -0.384 e. The third-order valence-corrected chi connectivity index (χ3v) is 2.07. The van der Waals surface area contributed by atoms with Crippen molar-refractivity contribution in [3.8, 4) is 0 Å². The van der Waals surface area contributed by atoms with E-state index in [-0.39, 0.29) is 0 Å². The Morgan fingerprint density at radius 2 is 2.00 bits per heavy atom. The lowest BCUT2D eigenvalue weighted by Gasteiger charge is -1.93. The van der Waals surface area contributed by atoms with E-state index in [1.54, 1.807) is 12.3 Å². The van der Waals surface area contributed by atoms with Crippen LogP contribution in [-0.4, -0.2) is 16.5 Å². The second-order valence-electron chi connectivity index (χ2n) is 3.60. The van der Waals surface area contributed by atoms with Crippen LogP contribution < -0.4 is 11.5 Å². The van der Waals surface area contributed by atoms with E-state index in [4.69, 9.17) is 11.5 Å². The Labute approximate surface area is 102 Å². The summed E-state index contributed by atoms with van der Waals surface area (Å²) in [5, 5.41) is 0. The predicted octanol–water partition coefficient (Wildman–Crippen LogP) is 1.56. The zero-order valence-corrected chi connectivity index (χ0v) is 10.0. The van der Waals surface area contributed by atoms with Crippen molar-refractivity contribution in [3.63, 3.8) is 0 Å². The number of hydrogen-bond donors (Lipinski definition) is 2. The van der Waals surface area contributed by atoms with Crippen LogP contribution in [0.3, 0.4) is 0 Å². The van der Waals surface area contributed by atoms with Gasteiger partial charge in [-0.1, -0.05) is 12.1 Å². The van der Waals surface area contributed by atoms with Crippen molar-refractivity contribution in [1.82, 2.24) is 9.97 Å². The van der Waals surface area contributed by atoms with Gasteiger partial charge in [-0.15, -0.1) is 0 Å². The normalized spacial score (nSPS) is 9.29. The number of pyridine rings is 2. The SMILES string of the molecule is Cc1cccc(N)n1.NCCc1cccnc1. The van der Waals surface area contributed by atoms with Crippen molar-refractivity contribution in [3.05, 3.63) is 54.0 Å². The molecule has 2 heterocycles. The fourth-order valence-corrected chi connectivity index (χ4v) is 1.28. The zero-order valence-electron chi connectivity index (χ0n) is 10.0. The number of nitrogens with zero attached hydrogens (tertiary/aromatic N) is 2. The molecule has 0 spiro atoms. The van der Waals surface area contributed by atoms with Gasteiger partial charge in [0, 0.05) is 18.1 Å². The third kappa shape index (κ3) is 5.63. The quantitative estimate of drug-likeness (QED) is 0.820. The number of hydrogen-bond acceptors (Lipinski definition) is 4. The van der Waals surface area contributed by atoms with Crippen LogP contribution in [0.5, 0.6) is 0 Å². The maximum atomic E-state index is 5.35. The second kappa shape index (κ2) is 7.35. The molecule has 4 N–H and O–H groups in total. The van der Waals surface area contributed by atoms with Gasteiger partial charge in [0.1, 0.15) is 5.82 Å². The molecule has 0 unspecified atom stereocenters. The third-order valence-electron chi connectivity index (χ3n) is 2.07. The highest BCUT2D eigenvalue weighted by molar-refractivity contribution is 5.28. The topological polar surface area (TPSA) is 77.8 Å². The summed E-state index contributed by atoms with van der Waals surface area (Å²) in [6.07, 6.45) is 4.53. The van der Waals surface area contributed by atoms with Crippen molar-refractivity contribution >= 4 is 5.82 Å². The first kappa shape index (κ1) is 13.1. The van der Waals surface area contributed by atoms with Crippen LogP contribution in [0, 0.1) is 6.92 Å². The Kier molecular flexibility index (Phi) is 5.68. The van der Waals surface area contributed by atoms with Gasteiger partial charge in [0.15, 0.2) is 0 Å². The number of aromatic nitrogens is 2. The van der Waals surface area contributed by atoms with Gasteiger partial charge < -0.3 is 11.5 Å². The highest BCUT2D eigenvalue weighted by Crippen LogP contribution is 1.96. The highest BCUT2D eigenvalue weighted by Gasteiger charge is 1.85. The molecule has 17 heavy (non-hydrogen) atoms. The lowest BCUT2D eigenvalue weighted by atomic mass is 10.2. The Bertz CT molecular complexity index is 411. The van der Waals surface area contributed by atoms with Crippen LogP contribution in [0.1, 0.15) is 11.3 Å². The molecule has 0 atom stereocenters. The molecule has 0 aliphatic carbocycles. The summed E-state index contributed by atoms with van der Waals surface area (Å²) in [5.74, 6) is 0.588. The van der Waals surface area contributed by atoms with Gasteiger partial charge in [-0.25, -0.2) is 4.98 Å². The fourth-order valence-electron chi connectivity index (χ4n) is 1.28. The molecule has 0 amide bonds. The fraction of sp³-hybridized carbons (Fsp3) is 0.231. The van der Waals surface area contributed by atoms with E-state index < -0.39 is 0 Å². The average molecular weight is 230 g/mol. The first-order valence-corrected chi connectivity index (χ1v) is 5.50. The molecule has 0 aliphatic heterocycles. The Morgan fingerprint density at radius 1 is 1.18 bits per heavy atom. The predicted molar refractivity (Wildman–Crippen MR) is 70.4 cm³/mol. The van der Waals surface area contributed by atoms with E-state index >= 15 is 0 Å². The molecule has 0 radical (unpaired) electrons. The highest BCUT2D eigenvalue weighted by atomic mass is 14.8. The van der Waals surface area contributed by atoms with Gasteiger partial charge in [0.2, 0.25) is 0 Å². The minimum absolute atomic E-state index is 0.588. The van der Waals surface area contributed by atoms with E-state index in [1.165, 1.54) is 5.56 Å². The van der Waals surface area contributed by atoms with Crippen molar-refractivity contribution in [2.24, 2.45) is 5.73 Å². The second-order valence-corrected chi connectivity index (χ2v) is 3.60. The summed E-state index contributed by atoms with van der Waals surface area (Å²) >= 11 is 0. The molecule has 0 aromatic carbocycles. The van der Waals surface area contributed by atoms with Crippen molar-refractivity contribution in [2.45, 2.75) is 13.3 Å². The van der Waals surface area contributed by atoms with Crippen molar-refractivity contribution in [2.75, 3.05) is 12.3 Å². The Morgan fingerprint density at radius 3 is 2.47 bits per heavy atom. The molecule has 4 heteroatoms. The number of nitrogens with two attached hydrogens (primary N) is 2. The Balaban J connectivity index is 0.000000171. The van der Waals surface area contributed by atoms with Crippen molar-refractivity contribution < 1.29 is 0 Å². The molecule has 0 saturated heterocycles. The first-order valence-electron chi connectivity index (χ1n) is 5.50. The first-order chi connectivity index (χ1) is 8.22. The van der Waals surface area contributed by atoms with Gasteiger partial charge in [0.25, 0.3) is 0 Å². The summed E-state index contributed by atoms with van der Waals surface area (Å²) in [4.78, 5) is 7.90. The summed E-state index contributed by atoms with van der Waals surface area (Å²) in [6.45, 7) is 2.61. The van der Waals surface area contributed by atoms with Gasteiger partial charge in [0.05, 0.1) is 0 Å². The van der Waals surface area contributed by atoms with Crippen LogP contribution in [0.15, 0.2) is 42.7 Å². The van der Waals surface area contributed by atoms with Crippen LogP contribution in [-0.2, 0) is 6.42 Å². The van der Waals surface area contributed by atoms with Crippen LogP contribution >= 0.6 is 0 Å².